The number of aryl methyl sites for hydroxylation is 2. The molecule has 0 unspecified atom stereocenters. The first kappa shape index (κ1) is 18.2. The standard InChI is InChI=1S/C20H14BrClN2O2/c21-19-18(26-17-9-14(12-23)8-15(22)10-17)11-16(24-20(19)25)7-6-13-4-2-1-3-5-13/h1-5,8-11H,6-7H2,(H,24,25). The first-order chi connectivity index (χ1) is 12.5. The van der Waals surface area contributed by atoms with Gasteiger partial charge in [-0.25, -0.2) is 0 Å². The molecule has 0 atom stereocenters. The third-order valence-corrected chi connectivity index (χ3v) is 4.72. The number of aromatic nitrogens is 1. The minimum absolute atomic E-state index is 0.270. The van der Waals surface area contributed by atoms with Crippen LogP contribution in [-0.4, -0.2) is 4.98 Å². The van der Waals surface area contributed by atoms with Crippen molar-refractivity contribution in [1.82, 2.24) is 4.98 Å². The molecule has 0 amide bonds. The Balaban J connectivity index is 1.85. The van der Waals surface area contributed by atoms with E-state index < -0.39 is 0 Å². The van der Waals surface area contributed by atoms with Gasteiger partial charge in [0.05, 0.1) is 11.6 Å². The van der Waals surface area contributed by atoms with Gasteiger partial charge < -0.3 is 9.72 Å². The monoisotopic (exact) mass is 428 g/mol. The smallest absolute Gasteiger partial charge is 0.266 e. The zero-order valence-electron chi connectivity index (χ0n) is 13.6. The molecule has 4 nitrogen and oxygen atoms in total. The van der Waals surface area contributed by atoms with Crippen molar-refractivity contribution in [3.8, 4) is 17.6 Å². The van der Waals surface area contributed by atoms with Crippen LogP contribution in [0.1, 0.15) is 16.8 Å². The normalized spacial score (nSPS) is 10.3. The van der Waals surface area contributed by atoms with Crippen LogP contribution < -0.4 is 10.3 Å². The quantitative estimate of drug-likeness (QED) is 0.603. The number of H-pyrrole nitrogens is 1. The number of rotatable bonds is 5. The number of halogens is 2. The number of nitrogens with zero attached hydrogens (tertiary/aromatic N) is 1. The highest BCUT2D eigenvalue weighted by Crippen LogP contribution is 2.30. The predicted octanol–water partition coefficient (Wildman–Crippen LogP) is 5.24. The fourth-order valence-electron chi connectivity index (χ4n) is 2.52. The number of nitriles is 1. The Labute approximate surface area is 164 Å². The highest BCUT2D eigenvalue weighted by atomic mass is 79.9. The van der Waals surface area contributed by atoms with Crippen LogP contribution in [0.25, 0.3) is 0 Å². The minimum Gasteiger partial charge on any atom is -0.456 e. The van der Waals surface area contributed by atoms with Crippen molar-refractivity contribution < 1.29 is 4.74 Å². The Morgan fingerprint density at radius 2 is 1.88 bits per heavy atom. The lowest BCUT2D eigenvalue weighted by Gasteiger charge is -2.10. The highest BCUT2D eigenvalue weighted by Gasteiger charge is 2.11. The number of benzene rings is 2. The molecule has 130 valence electrons. The molecule has 0 saturated carbocycles. The van der Waals surface area contributed by atoms with Crippen LogP contribution in [-0.2, 0) is 12.8 Å². The molecule has 6 heteroatoms. The molecule has 0 fully saturated rings. The van der Waals surface area contributed by atoms with E-state index in [2.05, 4.69) is 20.9 Å². The van der Waals surface area contributed by atoms with Gasteiger partial charge in [0, 0.05) is 16.8 Å². The zero-order chi connectivity index (χ0) is 18.5. The molecule has 0 aliphatic heterocycles. The summed E-state index contributed by atoms with van der Waals surface area (Å²) in [6, 6.07) is 18.6. The van der Waals surface area contributed by atoms with E-state index in [1.54, 1.807) is 24.3 Å². The third-order valence-electron chi connectivity index (χ3n) is 3.75. The minimum atomic E-state index is -0.270. The van der Waals surface area contributed by atoms with Gasteiger partial charge in [0.25, 0.3) is 5.56 Å². The molecule has 0 radical (unpaired) electrons. The van der Waals surface area contributed by atoms with Crippen molar-refractivity contribution >= 4 is 27.5 Å². The molecule has 3 rings (SSSR count). The molecular formula is C20H14BrClN2O2. The second-order valence-electron chi connectivity index (χ2n) is 5.68. The first-order valence-corrected chi connectivity index (χ1v) is 9.06. The SMILES string of the molecule is N#Cc1cc(Cl)cc(Oc2cc(CCc3ccccc3)[nH]c(=O)c2Br)c1. The lowest BCUT2D eigenvalue weighted by molar-refractivity contribution is 0.476. The molecule has 1 aromatic heterocycles. The maximum atomic E-state index is 12.2. The molecule has 3 aromatic rings. The third kappa shape index (κ3) is 4.54. The van der Waals surface area contributed by atoms with E-state index in [0.717, 1.165) is 12.1 Å². The second-order valence-corrected chi connectivity index (χ2v) is 6.91. The van der Waals surface area contributed by atoms with Crippen LogP contribution >= 0.6 is 27.5 Å². The van der Waals surface area contributed by atoms with E-state index in [0.29, 0.717) is 33.0 Å². The lowest BCUT2D eigenvalue weighted by atomic mass is 10.1. The molecule has 0 aliphatic carbocycles. The average molecular weight is 430 g/mol. The number of ether oxygens (including phenoxy) is 1. The Morgan fingerprint density at radius 1 is 1.12 bits per heavy atom. The summed E-state index contributed by atoms with van der Waals surface area (Å²) in [4.78, 5) is 15.0. The summed E-state index contributed by atoms with van der Waals surface area (Å²) in [5.74, 6) is 0.775. The van der Waals surface area contributed by atoms with Crippen molar-refractivity contribution in [2.45, 2.75) is 12.8 Å². The molecular weight excluding hydrogens is 416 g/mol. The van der Waals surface area contributed by atoms with Gasteiger partial charge in [-0.1, -0.05) is 41.9 Å². The van der Waals surface area contributed by atoms with Gasteiger partial charge in [0.1, 0.15) is 16.0 Å². The molecule has 1 N–H and O–H groups in total. The fourth-order valence-corrected chi connectivity index (χ4v) is 3.04. The van der Waals surface area contributed by atoms with Crippen LogP contribution in [0.15, 0.2) is 63.9 Å². The maximum absolute atomic E-state index is 12.2. The van der Waals surface area contributed by atoms with Crippen LogP contribution in [0.2, 0.25) is 5.02 Å². The summed E-state index contributed by atoms with van der Waals surface area (Å²) in [7, 11) is 0. The number of aromatic amines is 1. The van der Waals surface area contributed by atoms with Gasteiger partial charge in [-0.3, -0.25) is 4.79 Å². The Bertz CT molecular complexity index is 1030. The van der Waals surface area contributed by atoms with Crippen molar-refractivity contribution in [3.05, 3.63) is 91.3 Å². The maximum Gasteiger partial charge on any atom is 0.266 e. The molecule has 0 saturated heterocycles. The summed E-state index contributed by atoms with van der Waals surface area (Å²) in [6.45, 7) is 0. The largest absolute Gasteiger partial charge is 0.456 e. The van der Waals surface area contributed by atoms with Gasteiger partial charge in [-0.15, -0.1) is 0 Å². The highest BCUT2D eigenvalue weighted by molar-refractivity contribution is 9.10. The lowest BCUT2D eigenvalue weighted by Crippen LogP contribution is -2.11. The van der Waals surface area contributed by atoms with E-state index in [-0.39, 0.29) is 5.56 Å². The molecule has 2 aromatic carbocycles. The van der Waals surface area contributed by atoms with Crippen molar-refractivity contribution in [3.63, 3.8) is 0 Å². The van der Waals surface area contributed by atoms with Crippen molar-refractivity contribution in [2.24, 2.45) is 0 Å². The molecule has 0 spiro atoms. The summed E-state index contributed by atoms with van der Waals surface area (Å²) < 4.78 is 6.09. The number of nitrogens with one attached hydrogen (secondary N) is 1. The Morgan fingerprint density at radius 3 is 2.62 bits per heavy atom. The summed E-state index contributed by atoms with van der Waals surface area (Å²) in [5.41, 5.74) is 2.07. The summed E-state index contributed by atoms with van der Waals surface area (Å²) >= 11 is 9.26. The molecule has 1 heterocycles. The fraction of sp³-hybridized carbons (Fsp3) is 0.100. The number of pyridine rings is 1. The second kappa shape index (κ2) is 8.22. The summed E-state index contributed by atoms with van der Waals surface area (Å²) in [6.07, 6.45) is 1.47. The van der Waals surface area contributed by atoms with Crippen molar-refractivity contribution in [2.75, 3.05) is 0 Å². The van der Waals surface area contributed by atoms with E-state index in [1.807, 2.05) is 36.4 Å². The van der Waals surface area contributed by atoms with Crippen LogP contribution in [0, 0.1) is 11.3 Å². The molecule has 26 heavy (non-hydrogen) atoms. The number of hydrogen-bond acceptors (Lipinski definition) is 3. The predicted molar refractivity (Wildman–Crippen MR) is 105 cm³/mol. The van der Waals surface area contributed by atoms with Gasteiger partial charge in [0.15, 0.2) is 0 Å². The van der Waals surface area contributed by atoms with E-state index in [4.69, 9.17) is 21.6 Å². The molecule has 0 aliphatic rings. The average Bonchev–Trinajstić information content (AvgIpc) is 2.64. The Hall–Kier alpha value is -2.55. The van der Waals surface area contributed by atoms with E-state index in [1.165, 1.54) is 5.56 Å². The zero-order valence-corrected chi connectivity index (χ0v) is 16.0. The van der Waals surface area contributed by atoms with E-state index in [9.17, 15) is 4.79 Å². The van der Waals surface area contributed by atoms with Gasteiger partial charge >= 0.3 is 0 Å². The summed E-state index contributed by atoms with van der Waals surface area (Å²) in [5, 5.41) is 9.44. The van der Waals surface area contributed by atoms with Crippen LogP contribution in [0.5, 0.6) is 11.5 Å². The first-order valence-electron chi connectivity index (χ1n) is 7.89. The number of hydrogen-bond donors (Lipinski definition) is 1. The van der Waals surface area contributed by atoms with Gasteiger partial charge in [0.2, 0.25) is 0 Å². The van der Waals surface area contributed by atoms with E-state index >= 15 is 0 Å². The van der Waals surface area contributed by atoms with Gasteiger partial charge in [-0.2, -0.15) is 5.26 Å². The molecule has 0 bridgehead atoms. The van der Waals surface area contributed by atoms with Gasteiger partial charge in [-0.05, 0) is 52.5 Å². The topological polar surface area (TPSA) is 65.9 Å². The van der Waals surface area contributed by atoms with Crippen LogP contribution in [0.4, 0.5) is 0 Å². The Kier molecular flexibility index (Phi) is 5.77. The van der Waals surface area contributed by atoms with Crippen molar-refractivity contribution in [1.29, 1.82) is 5.26 Å². The van der Waals surface area contributed by atoms with Crippen LogP contribution in [0.3, 0.4) is 0 Å².